The largest absolute Gasteiger partial charge is 0.432 e. The van der Waals surface area contributed by atoms with Gasteiger partial charge in [0.2, 0.25) is 6.29 Å². The highest BCUT2D eigenvalue weighted by atomic mass is 16.7. The molecule has 7 fully saturated rings. The van der Waals surface area contributed by atoms with Gasteiger partial charge in [0.1, 0.15) is 73.2 Å². The molecule has 4 saturated carbocycles. The van der Waals surface area contributed by atoms with Crippen LogP contribution in [0.4, 0.5) is 0 Å². The minimum atomic E-state index is -1.77. The van der Waals surface area contributed by atoms with Crippen LogP contribution >= 0.6 is 0 Å². The van der Waals surface area contributed by atoms with Crippen LogP contribution in [0.5, 0.6) is 0 Å². The summed E-state index contributed by atoms with van der Waals surface area (Å²) in [5.41, 5.74) is -0.613. The molecule has 3 saturated heterocycles. The number of ether oxygens (including phenoxy) is 6. The topological polar surface area (TPSA) is 295 Å². The summed E-state index contributed by atoms with van der Waals surface area (Å²) < 4.78 is 35.6. The van der Waals surface area contributed by atoms with E-state index in [4.69, 9.17) is 28.4 Å². The molecule has 3 aliphatic heterocycles. The van der Waals surface area contributed by atoms with Crippen molar-refractivity contribution in [2.75, 3.05) is 19.8 Å². The maximum atomic E-state index is 14.7. The summed E-state index contributed by atoms with van der Waals surface area (Å²) in [6, 6.07) is 0. The summed E-state index contributed by atoms with van der Waals surface area (Å²) in [4.78, 5) is 14.7. The number of fused-ring (bicyclic) bond motifs is 7. The number of esters is 1. The number of aliphatic hydroxyl groups is 11. The average Bonchev–Trinajstić information content (AvgIpc) is 3.27. The molecule has 0 amide bonds. The molecule has 0 bridgehead atoms. The quantitative estimate of drug-likeness (QED) is 0.0833. The van der Waals surface area contributed by atoms with Crippen LogP contribution < -0.4 is 0 Å². The number of carbonyl (C=O) groups is 1. The zero-order valence-electron chi connectivity index (χ0n) is 39.5. The zero-order valence-corrected chi connectivity index (χ0v) is 39.5. The third kappa shape index (κ3) is 7.87. The highest BCUT2D eigenvalue weighted by molar-refractivity contribution is 5.79. The van der Waals surface area contributed by atoms with Gasteiger partial charge in [0.05, 0.1) is 31.3 Å². The SMILES string of the molecule is CC1(C)CC[C@]2(C(=O)O[C@@H]3O[C@@H](CO)[C@H](O)[C@@H](O)[C@@H]3O)CC[C@]3(C)C(=CC[C@@H]4[C@@]5(C)CC[C@H](O[C@@H]6O[C@H](CO)[C@@H](O[C@@H]7O[C@H](CO)[C@H](O)[C@H](O)[C@H]7O)[C@H](O)[C@H]6O)C(C)(C)[C@@H]5CC[C@]43C)[C@H]2C1. The first-order valence-corrected chi connectivity index (χ1v) is 24.3. The van der Waals surface area contributed by atoms with E-state index in [1.165, 1.54) is 5.57 Å². The van der Waals surface area contributed by atoms with Gasteiger partial charge in [0.25, 0.3) is 0 Å². The van der Waals surface area contributed by atoms with Crippen molar-refractivity contribution in [1.29, 1.82) is 0 Å². The monoisotopic (exact) mass is 943 g/mol. The summed E-state index contributed by atoms with van der Waals surface area (Å²) >= 11 is 0. The molecule has 18 heteroatoms. The normalized spacial score (nSPS) is 53.3. The molecule has 3 heterocycles. The highest BCUT2D eigenvalue weighted by Crippen LogP contribution is 2.76. The Labute approximate surface area is 387 Å². The van der Waals surface area contributed by atoms with E-state index in [0.29, 0.717) is 19.3 Å². The van der Waals surface area contributed by atoms with Gasteiger partial charge in [-0.3, -0.25) is 4.79 Å². The fourth-order valence-corrected chi connectivity index (χ4v) is 15.0. The van der Waals surface area contributed by atoms with Crippen LogP contribution in [0.25, 0.3) is 0 Å². The van der Waals surface area contributed by atoms with E-state index in [-0.39, 0.29) is 39.4 Å². The van der Waals surface area contributed by atoms with Gasteiger partial charge < -0.3 is 84.6 Å². The van der Waals surface area contributed by atoms with Crippen molar-refractivity contribution in [2.24, 2.45) is 50.2 Å². The van der Waals surface area contributed by atoms with Crippen molar-refractivity contribution >= 4 is 5.97 Å². The second kappa shape index (κ2) is 18.0. The fraction of sp³-hybridized carbons (Fsp3) is 0.938. The van der Waals surface area contributed by atoms with E-state index in [1.54, 1.807) is 0 Å². The first kappa shape index (κ1) is 50.9. The van der Waals surface area contributed by atoms with E-state index < -0.39 is 135 Å². The lowest BCUT2D eigenvalue weighted by Crippen LogP contribution is -2.67. The lowest BCUT2D eigenvalue weighted by molar-refractivity contribution is -0.368. The fourth-order valence-electron chi connectivity index (χ4n) is 15.0. The van der Waals surface area contributed by atoms with E-state index in [1.807, 2.05) is 0 Å². The van der Waals surface area contributed by atoms with Crippen molar-refractivity contribution in [3.8, 4) is 0 Å². The van der Waals surface area contributed by atoms with E-state index in [0.717, 1.165) is 44.9 Å². The van der Waals surface area contributed by atoms with E-state index in [9.17, 15) is 61.0 Å². The van der Waals surface area contributed by atoms with Crippen molar-refractivity contribution in [3.05, 3.63) is 11.6 Å². The van der Waals surface area contributed by atoms with Crippen LogP contribution in [0.2, 0.25) is 0 Å². The third-order valence-electron chi connectivity index (χ3n) is 19.3. The van der Waals surface area contributed by atoms with E-state index in [2.05, 4.69) is 54.5 Å². The smallest absolute Gasteiger partial charge is 0.315 e. The Morgan fingerprint density at radius 1 is 0.606 bits per heavy atom. The van der Waals surface area contributed by atoms with Crippen LogP contribution in [0, 0.1) is 50.2 Å². The van der Waals surface area contributed by atoms with Crippen molar-refractivity contribution < 1.29 is 89.4 Å². The van der Waals surface area contributed by atoms with Crippen LogP contribution in [0.1, 0.15) is 113 Å². The van der Waals surface area contributed by atoms with Crippen LogP contribution in [-0.4, -0.2) is 180 Å². The summed E-state index contributed by atoms with van der Waals surface area (Å²) in [5.74, 6) is -0.157. The molecule has 0 aromatic carbocycles. The molecule has 0 unspecified atom stereocenters. The van der Waals surface area contributed by atoms with Gasteiger partial charge in [0, 0.05) is 0 Å². The molecule has 23 atom stereocenters. The summed E-state index contributed by atoms with van der Waals surface area (Å²) in [6.45, 7) is 14.1. The first-order chi connectivity index (χ1) is 30.9. The number of aliphatic hydroxyl groups excluding tert-OH is 11. The molecular weight excluding hydrogens is 865 g/mol. The minimum absolute atomic E-state index is 0.0540. The minimum Gasteiger partial charge on any atom is -0.432 e. The second-order valence-corrected chi connectivity index (χ2v) is 23.5. The Morgan fingerprint density at radius 2 is 1.15 bits per heavy atom. The highest BCUT2D eigenvalue weighted by Gasteiger charge is 2.70. The maximum Gasteiger partial charge on any atom is 0.315 e. The molecular formula is C48H78O18. The average molecular weight is 943 g/mol. The number of hydrogen-bond acceptors (Lipinski definition) is 18. The summed E-state index contributed by atoms with van der Waals surface area (Å²) in [5, 5.41) is 115. The Morgan fingerprint density at radius 3 is 1.77 bits per heavy atom. The molecule has 0 spiro atoms. The van der Waals surface area contributed by atoms with Gasteiger partial charge in [-0.2, -0.15) is 0 Å². The Balaban J connectivity index is 0.998. The standard InChI is InChI=1S/C48H78O18/c1-43(2)14-16-48(42(60)66-41-36(58)33(55)31(53)25(20-50)62-41)17-15-46(6)22(23(48)18-43)8-9-28-45(5)12-11-29(44(3,4)27(45)10-13-47(28,46)7)64-39-37(59)34(56)38(26(21-51)63-39)65-40-35(57)32(54)30(52)24(19-49)61-40/h8,23-41,49-59H,9-21H2,1-7H3/t23-,24-,25+,26-,27+,28-,29+,30+,31+,32+,33-,34-,35-,36+,37-,38-,39+,40+,41+,45+,46-,47-,48+/m1/s1. The molecule has 8 aliphatic rings. The maximum absolute atomic E-state index is 14.7. The predicted molar refractivity (Wildman–Crippen MR) is 230 cm³/mol. The molecule has 11 N–H and O–H groups in total. The lowest BCUT2D eigenvalue weighted by Gasteiger charge is -2.71. The first-order valence-electron chi connectivity index (χ1n) is 24.3. The molecule has 8 rings (SSSR count). The molecule has 5 aliphatic carbocycles. The van der Waals surface area contributed by atoms with Crippen molar-refractivity contribution in [3.63, 3.8) is 0 Å². The molecule has 0 aromatic rings. The van der Waals surface area contributed by atoms with Crippen molar-refractivity contribution in [2.45, 2.75) is 211 Å². The molecule has 378 valence electrons. The Kier molecular flexibility index (Phi) is 13.9. The predicted octanol–water partition coefficient (Wildman–Crippen LogP) is 0.141. The zero-order chi connectivity index (χ0) is 48.3. The van der Waals surface area contributed by atoms with Crippen LogP contribution in [0.15, 0.2) is 11.6 Å². The number of rotatable bonds is 9. The number of hydrogen-bond donors (Lipinski definition) is 11. The van der Waals surface area contributed by atoms with Crippen LogP contribution in [0.3, 0.4) is 0 Å². The lowest BCUT2D eigenvalue weighted by atomic mass is 9.33. The molecule has 0 radical (unpaired) electrons. The van der Waals surface area contributed by atoms with Gasteiger partial charge >= 0.3 is 5.97 Å². The van der Waals surface area contributed by atoms with Gasteiger partial charge in [-0.1, -0.05) is 60.1 Å². The van der Waals surface area contributed by atoms with Gasteiger partial charge in [-0.15, -0.1) is 0 Å². The molecule has 66 heavy (non-hydrogen) atoms. The Hall–Kier alpha value is -1.43. The van der Waals surface area contributed by atoms with E-state index >= 15 is 0 Å². The van der Waals surface area contributed by atoms with Gasteiger partial charge in [0.15, 0.2) is 12.6 Å². The molecule has 18 nitrogen and oxygen atoms in total. The third-order valence-corrected chi connectivity index (χ3v) is 19.3. The van der Waals surface area contributed by atoms with Gasteiger partial charge in [-0.25, -0.2) is 0 Å². The number of allylic oxidation sites excluding steroid dienone is 2. The number of carbonyl (C=O) groups excluding carboxylic acids is 1. The van der Waals surface area contributed by atoms with Crippen molar-refractivity contribution in [1.82, 2.24) is 0 Å². The van der Waals surface area contributed by atoms with Crippen LogP contribution in [-0.2, 0) is 33.2 Å². The summed E-state index contributed by atoms with van der Waals surface area (Å²) in [6.07, 6.45) is -13.5. The van der Waals surface area contributed by atoms with Gasteiger partial charge in [-0.05, 0) is 109 Å². The molecule has 0 aromatic heterocycles. The summed E-state index contributed by atoms with van der Waals surface area (Å²) in [7, 11) is 0. The second-order valence-electron chi connectivity index (χ2n) is 23.5. The Bertz CT molecular complexity index is 1790.